The van der Waals surface area contributed by atoms with E-state index in [4.69, 9.17) is 4.74 Å². The Kier molecular flexibility index (Phi) is 9.81. The van der Waals surface area contributed by atoms with E-state index in [-0.39, 0.29) is 23.8 Å². The third-order valence-electron chi connectivity index (χ3n) is 7.45. The van der Waals surface area contributed by atoms with E-state index in [1.807, 2.05) is 18.2 Å². The molecule has 1 saturated carbocycles. The number of amides is 2. The largest absolute Gasteiger partial charge is 0.381 e. The molecule has 4 rings (SSSR count). The molecule has 8 nitrogen and oxygen atoms in total. The van der Waals surface area contributed by atoms with Crippen molar-refractivity contribution in [2.24, 2.45) is 16.9 Å². The number of thioether (sulfide) groups is 1. The maximum absolute atomic E-state index is 13.3. The number of carbonyl (C=O) groups excluding carboxylic acids is 3. The summed E-state index contributed by atoms with van der Waals surface area (Å²) in [6, 6.07) is 9.52. The van der Waals surface area contributed by atoms with Crippen molar-refractivity contribution in [3.05, 3.63) is 35.9 Å². The summed E-state index contributed by atoms with van der Waals surface area (Å²) in [6.45, 7) is 3.86. The smallest absolute Gasteiger partial charge is 0.309 e. The molecule has 0 aromatic heterocycles. The molecule has 0 bridgehead atoms. The van der Waals surface area contributed by atoms with Gasteiger partial charge < -0.3 is 15.0 Å². The Morgan fingerprint density at radius 3 is 2.44 bits per heavy atom. The fourth-order valence-electron chi connectivity index (χ4n) is 5.21. The van der Waals surface area contributed by atoms with Gasteiger partial charge in [0.05, 0.1) is 0 Å². The van der Waals surface area contributed by atoms with Crippen LogP contribution in [0.4, 0.5) is 0 Å². The minimum atomic E-state index is -0.847. The van der Waals surface area contributed by atoms with E-state index in [1.165, 1.54) is 0 Å². The van der Waals surface area contributed by atoms with Crippen molar-refractivity contribution >= 4 is 34.5 Å². The summed E-state index contributed by atoms with van der Waals surface area (Å²) in [5, 5.41) is 7.99. The number of hydrogen-bond acceptors (Lipinski definition) is 6. The van der Waals surface area contributed by atoms with Crippen molar-refractivity contribution < 1.29 is 19.1 Å². The lowest BCUT2D eigenvalue weighted by atomic mass is 9.87. The SMILES string of the molecule is C[C@@H]1CS/C(=N\NC(=O)C(=O)[C@H](NC(=O)C2CCCCCC2)C2CCOCC2)N1Cc1ccccc1. The highest BCUT2D eigenvalue weighted by molar-refractivity contribution is 8.14. The molecule has 1 aliphatic carbocycles. The molecule has 2 aliphatic heterocycles. The lowest BCUT2D eigenvalue weighted by Gasteiger charge is -2.30. The number of ketones is 1. The van der Waals surface area contributed by atoms with Crippen LogP contribution in [0.3, 0.4) is 0 Å². The van der Waals surface area contributed by atoms with E-state index in [2.05, 4.69) is 39.8 Å². The molecule has 0 radical (unpaired) electrons. The van der Waals surface area contributed by atoms with Gasteiger partial charge in [0, 0.05) is 37.5 Å². The average Bonchev–Trinajstić information content (AvgIpc) is 3.09. The molecule has 0 unspecified atom stereocenters. The lowest BCUT2D eigenvalue weighted by molar-refractivity contribution is -0.142. The van der Waals surface area contributed by atoms with Gasteiger partial charge in [-0.25, -0.2) is 5.43 Å². The van der Waals surface area contributed by atoms with Crippen LogP contribution < -0.4 is 10.7 Å². The van der Waals surface area contributed by atoms with Crippen molar-refractivity contribution in [3.63, 3.8) is 0 Å². The molecular formula is C27H38N4O4S. The maximum Gasteiger partial charge on any atom is 0.309 e. The molecule has 196 valence electrons. The number of hydrogen-bond donors (Lipinski definition) is 2. The molecule has 2 N–H and O–H groups in total. The van der Waals surface area contributed by atoms with E-state index < -0.39 is 17.7 Å². The molecule has 0 spiro atoms. The number of Topliss-reactive ketones (excluding diaryl/α,β-unsaturated/α-hetero) is 1. The molecule has 3 aliphatic rings. The fraction of sp³-hybridized carbons (Fsp3) is 0.630. The maximum atomic E-state index is 13.3. The first-order valence-electron chi connectivity index (χ1n) is 13.3. The number of ether oxygens (including phenoxy) is 1. The first-order valence-corrected chi connectivity index (χ1v) is 14.2. The standard InChI is InChI=1S/C27H38N4O4S/c1-19-18-36-27(31(19)17-20-9-5-4-6-10-20)30-29-26(34)24(32)23(21-13-15-35-16-14-21)28-25(33)22-11-7-2-3-8-12-22/h4-6,9-10,19,21-23H,2-3,7-8,11-18H2,1H3,(H,28,33)(H,29,34)/b30-27-/t19-,23-/m1/s1. The summed E-state index contributed by atoms with van der Waals surface area (Å²) in [5.74, 6) is -0.852. The molecule has 2 atom stereocenters. The van der Waals surface area contributed by atoms with Crippen LogP contribution in [0, 0.1) is 11.8 Å². The van der Waals surface area contributed by atoms with Gasteiger partial charge in [0.15, 0.2) is 5.17 Å². The Hall–Kier alpha value is -2.39. The highest BCUT2D eigenvalue weighted by Gasteiger charge is 2.36. The first kappa shape index (κ1) is 26.7. The molecule has 36 heavy (non-hydrogen) atoms. The van der Waals surface area contributed by atoms with Gasteiger partial charge in [0.2, 0.25) is 11.7 Å². The van der Waals surface area contributed by atoms with Crippen molar-refractivity contribution in [2.45, 2.75) is 76.9 Å². The van der Waals surface area contributed by atoms with Gasteiger partial charge in [-0.1, -0.05) is 67.8 Å². The Bertz CT molecular complexity index is 927. The summed E-state index contributed by atoms with van der Waals surface area (Å²) < 4.78 is 5.46. The number of rotatable bonds is 8. The zero-order valence-corrected chi connectivity index (χ0v) is 21.9. The average molecular weight is 515 g/mol. The molecule has 2 saturated heterocycles. The second-order valence-corrected chi connectivity index (χ2v) is 11.1. The van der Waals surface area contributed by atoms with Crippen molar-refractivity contribution in [2.75, 3.05) is 19.0 Å². The molecule has 2 heterocycles. The number of nitrogens with one attached hydrogen (secondary N) is 2. The predicted octanol–water partition coefficient (Wildman–Crippen LogP) is 3.46. The molecule has 1 aromatic rings. The normalized spacial score (nSPS) is 23.8. The monoisotopic (exact) mass is 514 g/mol. The van der Waals surface area contributed by atoms with E-state index in [0.717, 1.165) is 49.8 Å². The summed E-state index contributed by atoms with van der Waals surface area (Å²) in [7, 11) is 0. The third-order valence-corrected chi connectivity index (χ3v) is 8.68. The van der Waals surface area contributed by atoms with Gasteiger partial charge >= 0.3 is 5.91 Å². The van der Waals surface area contributed by atoms with E-state index in [1.54, 1.807) is 11.8 Å². The topological polar surface area (TPSA) is 100 Å². The van der Waals surface area contributed by atoms with Crippen LogP contribution in [0.5, 0.6) is 0 Å². The van der Waals surface area contributed by atoms with Crippen LogP contribution in [0.15, 0.2) is 35.4 Å². The summed E-state index contributed by atoms with van der Waals surface area (Å²) in [6.07, 6.45) is 7.31. The van der Waals surface area contributed by atoms with Crippen LogP contribution in [0.2, 0.25) is 0 Å². The van der Waals surface area contributed by atoms with E-state index in [9.17, 15) is 14.4 Å². The van der Waals surface area contributed by atoms with Crippen LogP contribution in [-0.2, 0) is 25.7 Å². The number of amidine groups is 1. The van der Waals surface area contributed by atoms with Gasteiger partial charge in [-0.15, -0.1) is 5.10 Å². The minimum absolute atomic E-state index is 0.0890. The van der Waals surface area contributed by atoms with Gasteiger partial charge in [-0.3, -0.25) is 14.4 Å². The molecular weight excluding hydrogens is 476 g/mol. The Balaban J connectivity index is 1.42. The zero-order valence-electron chi connectivity index (χ0n) is 21.1. The number of benzene rings is 1. The number of hydrazone groups is 1. The Labute approximate surface area is 218 Å². The summed E-state index contributed by atoms with van der Waals surface area (Å²) >= 11 is 1.56. The fourth-order valence-corrected chi connectivity index (χ4v) is 6.30. The molecule has 3 fully saturated rings. The Morgan fingerprint density at radius 2 is 1.75 bits per heavy atom. The van der Waals surface area contributed by atoms with Crippen molar-refractivity contribution in [1.82, 2.24) is 15.6 Å². The zero-order chi connectivity index (χ0) is 25.3. The Morgan fingerprint density at radius 1 is 1.06 bits per heavy atom. The van der Waals surface area contributed by atoms with Crippen LogP contribution in [0.25, 0.3) is 0 Å². The third kappa shape index (κ3) is 7.09. The first-order chi connectivity index (χ1) is 17.5. The molecule has 9 heteroatoms. The highest BCUT2D eigenvalue weighted by Crippen LogP contribution is 2.27. The van der Waals surface area contributed by atoms with Crippen molar-refractivity contribution in [1.29, 1.82) is 0 Å². The van der Waals surface area contributed by atoms with Crippen LogP contribution in [-0.4, -0.2) is 58.7 Å². The minimum Gasteiger partial charge on any atom is -0.381 e. The second-order valence-electron chi connectivity index (χ2n) is 10.1. The lowest BCUT2D eigenvalue weighted by Crippen LogP contribution is -2.53. The predicted molar refractivity (Wildman–Crippen MR) is 141 cm³/mol. The van der Waals surface area contributed by atoms with Crippen molar-refractivity contribution in [3.8, 4) is 0 Å². The van der Waals surface area contributed by atoms with Gasteiger partial charge in [-0.2, -0.15) is 0 Å². The van der Waals surface area contributed by atoms with Gasteiger partial charge in [-0.05, 0) is 44.1 Å². The van der Waals surface area contributed by atoms with E-state index >= 15 is 0 Å². The van der Waals surface area contributed by atoms with Crippen LogP contribution in [0.1, 0.15) is 63.9 Å². The van der Waals surface area contributed by atoms with Crippen LogP contribution >= 0.6 is 11.8 Å². The molecule has 1 aromatic carbocycles. The molecule has 2 amide bonds. The van der Waals surface area contributed by atoms with Gasteiger partial charge in [0.1, 0.15) is 6.04 Å². The quantitative estimate of drug-likeness (QED) is 0.313. The highest BCUT2D eigenvalue weighted by atomic mass is 32.2. The second kappa shape index (κ2) is 13.2. The van der Waals surface area contributed by atoms with E-state index in [0.29, 0.717) is 37.8 Å². The van der Waals surface area contributed by atoms with Gasteiger partial charge in [0.25, 0.3) is 0 Å². The number of carbonyl (C=O) groups is 3. The number of nitrogens with zero attached hydrogens (tertiary/aromatic N) is 2. The summed E-state index contributed by atoms with van der Waals surface area (Å²) in [4.78, 5) is 41.5. The summed E-state index contributed by atoms with van der Waals surface area (Å²) in [5.41, 5.74) is 3.65.